The number of methoxy groups -OCH3 is 1. The maximum atomic E-state index is 13.3. The highest BCUT2D eigenvalue weighted by Crippen LogP contribution is 2.29. The SMILES string of the molecule is C.COC(=O)N1CCC(N2CCc3ccccc3NC2=O)CC1.Cc1cc(C[C@@H](C)C(=O)N2CCC(N3CCC[C@@H]3C(=O)OCCCN3CCCC3=O)CC2)cc2oc(=O)[nH]c12. The van der Waals surface area contributed by atoms with Gasteiger partial charge in [-0.25, -0.2) is 14.4 Å². The van der Waals surface area contributed by atoms with Crippen molar-refractivity contribution in [2.24, 2.45) is 5.92 Å². The van der Waals surface area contributed by atoms with Crippen LogP contribution in [0.2, 0.25) is 0 Å². The molecule has 5 aliphatic rings. The monoisotopic (exact) mass is 859 g/mol. The summed E-state index contributed by atoms with van der Waals surface area (Å²) in [5.74, 6) is -0.477. The minimum absolute atomic E-state index is 0. The van der Waals surface area contributed by atoms with E-state index in [9.17, 15) is 28.8 Å². The van der Waals surface area contributed by atoms with Crippen LogP contribution in [0.1, 0.15) is 88.8 Å². The molecule has 0 saturated carbocycles. The third-order valence-electron chi connectivity index (χ3n) is 13.0. The zero-order valence-corrected chi connectivity index (χ0v) is 35.8. The molecule has 8 rings (SSSR count). The molecule has 1 aromatic heterocycles. The van der Waals surface area contributed by atoms with Crippen molar-refractivity contribution in [3.8, 4) is 0 Å². The maximum Gasteiger partial charge on any atom is 0.417 e. The van der Waals surface area contributed by atoms with E-state index in [1.54, 1.807) is 4.90 Å². The van der Waals surface area contributed by atoms with Gasteiger partial charge in [0.05, 0.1) is 19.2 Å². The third-order valence-corrected chi connectivity index (χ3v) is 13.0. The summed E-state index contributed by atoms with van der Waals surface area (Å²) in [5.41, 5.74) is 5.20. The fraction of sp³-hybridized carbons (Fsp3) is 0.609. The van der Waals surface area contributed by atoms with Gasteiger partial charge in [0.15, 0.2) is 5.58 Å². The minimum Gasteiger partial charge on any atom is -0.464 e. The second-order valence-corrected chi connectivity index (χ2v) is 17.1. The van der Waals surface area contributed by atoms with Crippen LogP contribution in [-0.4, -0.2) is 144 Å². The number of rotatable bonds is 10. The first kappa shape index (κ1) is 46.1. The number of anilines is 1. The Balaban J connectivity index is 0.000000236. The molecule has 62 heavy (non-hydrogen) atoms. The van der Waals surface area contributed by atoms with Gasteiger partial charge in [-0.1, -0.05) is 38.6 Å². The fourth-order valence-corrected chi connectivity index (χ4v) is 9.75. The number of H-pyrrole nitrogens is 1. The Morgan fingerprint density at radius 2 is 1.60 bits per heavy atom. The van der Waals surface area contributed by atoms with Crippen molar-refractivity contribution in [1.29, 1.82) is 0 Å². The summed E-state index contributed by atoms with van der Waals surface area (Å²) < 4.78 is 15.6. The van der Waals surface area contributed by atoms with E-state index < -0.39 is 5.76 Å². The van der Waals surface area contributed by atoms with Crippen molar-refractivity contribution >= 4 is 46.7 Å². The van der Waals surface area contributed by atoms with Crippen molar-refractivity contribution in [3.05, 3.63) is 63.6 Å². The van der Waals surface area contributed by atoms with E-state index in [-0.39, 0.29) is 61.4 Å². The number of hydrogen-bond donors (Lipinski definition) is 2. The lowest BCUT2D eigenvalue weighted by Gasteiger charge is -2.39. The van der Waals surface area contributed by atoms with Crippen LogP contribution in [0.3, 0.4) is 0 Å². The Hall–Kier alpha value is -5.38. The second kappa shape index (κ2) is 21.1. The Morgan fingerprint density at radius 3 is 2.32 bits per heavy atom. The lowest BCUT2D eigenvalue weighted by molar-refractivity contribution is -0.151. The number of benzene rings is 2. The summed E-state index contributed by atoms with van der Waals surface area (Å²) >= 11 is 0. The first-order chi connectivity index (χ1) is 29.5. The second-order valence-electron chi connectivity index (χ2n) is 17.1. The van der Waals surface area contributed by atoms with Crippen molar-refractivity contribution in [3.63, 3.8) is 0 Å². The van der Waals surface area contributed by atoms with Gasteiger partial charge in [-0.2, -0.15) is 0 Å². The summed E-state index contributed by atoms with van der Waals surface area (Å²) in [7, 11) is 1.40. The third kappa shape index (κ3) is 11.0. The number of aromatic amines is 1. The highest BCUT2D eigenvalue weighted by Gasteiger charge is 2.39. The molecule has 6 heterocycles. The van der Waals surface area contributed by atoms with Crippen molar-refractivity contribution < 1.29 is 37.9 Å². The van der Waals surface area contributed by atoms with Gasteiger partial charge >= 0.3 is 23.8 Å². The van der Waals surface area contributed by atoms with Crippen molar-refractivity contribution in [2.45, 2.75) is 110 Å². The number of fused-ring (bicyclic) bond motifs is 2. The van der Waals surface area contributed by atoms with Gasteiger partial charge in [0.25, 0.3) is 0 Å². The number of carbonyl (C=O) groups is 5. The number of nitrogens with zero attached hydrogens (tertiary/aromatic N) is 5. The lowest BCUT2D eigenvalue weighted by atomic mass is 9.96. The van der Waals surface area contributed by atoms with Crippen LogP contribution in [0.4, 0.5) is 15.3 Å². The van der Waals surface area contributed by atoms with Crippen LogP contribution < -0.4 is 11.1 Å². The molecule has 0 bridgehead atoms. The molecule has 3 aromatic rings. The number of oxazole rings is 1. The first-order valence-corrected chi connectivity index (χ1v) is 22.1. The molecule has 16 heteroatoms. The molecule has 4 saturated heterocycles. The highest BCUT2D eigenvalue weighted by atomic mass is 16.5. The van der Waals surface area contributed by atoms with E-state index >= 15 is 0 Å². The van der Waals surface area contributed by atoms with Gasteiger partial charge in [0.1, 0.15) is 6.04 Å². The molecule has 16 nitrogen and oxygen atoms in total. The molecule has 2 N–H and O–H groups in total. The van der Waals surface area contributed by atoms with Crippen LogP contribution >= 0.6 is 0 Å². The number of piperidine rings is 2. The standard InChI is InChI=1S/C29H40N4O6.C16H21N3O3.CH4/c1-19-16-21(18-24-26(19)30-29(37)39-24)17-20(2)27(35)32-13-8-22(9-14-32)33-12-3-6-23(33)28(36)38-15-5-11-31-10-4-7-25(31)34;1-22-16(21)18-9-7-13(8-10-18)19-11-6-12-4-2-3-5-14(12)17-15(19)20;/h16,18,20,22-23H,3-15,17H2,1-2H3,(H,30,37);2-5,13H,6-11H2,1H3,(H,17,20);1H4/t20-,23-;;/m1../s1. The largest absolute Gasteiger partial charge is 0.464 e. The highest BCUT2D eigenvalue weighted by molar-refractivity contribution is 5.91. The molecule has 2 aromatic carbocycles. The molecule has 0 spiro atoms. The van der Waals surface area contributed by atoms with Crippen LogP contribution in [-0.2, 0) is 36.7 Å². The molecule has 0 radical (unpaired) electrons. The number of ether oxygens (including phenoxy) is 2. The van der Waals surface area contributed by atoms with E-state index in [0.717, 1.165) is 81.3 Å². The number of aryl methyl sites for hydroxylation is 1. The lowest BCUT2D eigenvalue weighted by Crippen LogP contribution is -2.51. The summed E-state index contributed by atoms with van der Waals surface area (Å²) in [6, 6.07) is 12.0. The predicted octanol–water partition coefficient (Wildman–Crippen LogP) is 5.56. The average Bonchev–Trinajstić information content (AvgIpc) is 4.00. The number of hydrogen-bond acceptors (Lipinski definition) is 10. The predicted molar refractivity (Wildman–Crippen MR) is 235 cm³/mol. The number of likely N-dealkylation sites (tertiary alicyclic amines) is 4. The van der Waals surface area contributed by atoms with Gasteiger partial charge < -0.3 is 38.8 Å². The number of carbonyl (C=O) groups excluding carboxylic acids is 5. The molecule has 338 valence electrons. The van der Waals surface area contributed by atoms with Crippen LogP contribution in [0.25, 0.3) is 11.1 Å². The minimum atomic E-state index is -0.471. The molecule has 2 atom stereocenters. The van der Waals surface area contributed by atoms with Gasteiger partial charge in [0, 0.05) is 75.9 Å². The molecule has 4 fully saturated rings. The quantitative estimate of drug-likeness (QED) is 0.194. The zero-order chi connectivity index (χ0) is 43.0. The van der Waals surface area contributed by atoms with Gasteiger partial charge in [0.2, 0.25) is 11.8 Å². The van der Waals surface area contributed by atoms with E-state index in [1.807, 2.05) is 58.9 Å². The first-order valence-electron chi connectivity index (χ1n) is 22.1. The van der Waals surface area contributed by atoms with Crippen LogP contribution in [0.15, 0.2) is 45.6 Å². The van der Waals surface area contributed by atoms with Crippen LogP contribution in [0, 0.1) is 12.8 Å². The molecule has 5 amide bonds. The molecule has 0 unspecified atom stereocenters. The van der Waals surface area contributed by atoms with E-state index in [0.29, 0.717) is 76.2 Å². The van der Waals surface area contributed by atoms with Crippen LogP contribution in [0.5, 0.6) is 0 Å². The van der Waals surface area contributed by atoms with Crippen molar-refractivity contribution in [2.75, 3.05) is 71.4 Å². The Bertz CT molecular complexity index is 2100. The maximum absolute atomic E-state index is 13.3. The number of amides is 5. The Kier molecular flexibility index (Phi) is 15.7. The smallest absolute Gasteiger partial charge is 0.417 e. The number of urea groups is 1. The summed E-state index contributed by atoms with van der Waals surface area (Å²) in [5, 5.41) is 3.00. The zero-order valence-electron chi connectivity index (χ0n) is 35.8. The normalized spacial score (nSPS) is 20.5. The Labute approximate surface area is 364 Å². The van der Waals surface area contributed by atoms with Gasteiger partial charge in [-0.15, -0.1) is 0 Å². The number of para-hydroxylation sites is 1. The van der Waals surface area contributed by atoms with E-state index in [1.165, 1.54) is 12.7 Å². The van der Waals surface area contributed by atoms with Crippen molar-refractivity contribution in [1.82, 2.24) is 29.5 Å². The number of esters is 1. The molecular weight excluding hydrogens is 795 g/mol. The molecule has 0 aliphatic carbocycles. The topological polar surface area (TPSA) is 178 Å². The average molecular weight is 860 g/mol. The fourth-order valence-electron chi connectivity index (χ4n) is 9.75. The number of nitrogens with one attached hydrogen (secondary N) is 2. The van der Waals surface area contributed by atoms with E-state index in [2.05, 4.69) is 21.3 Å². The van der Waals surface area contributed by atoms with Gasteiger partial charge in [-0.3, -0.25) is 24.3 Å². The summed E-state index contributed by atoms with van der Waals surface area (Å²) in [6.07, 6.45) is 8.43. The van der Waals surface area contributed by atoms with Gasteiger partial charge in [-0.05, 0) is 106 Å². The molecular formula is C46H65N7O9. The van der Waals surface area contributed by atoms with E-state index in [4.69, 9.17) is 13.9 Å². The number of aromatic nitrogens is 1. The summed E-state index contributed by atoms with van der Waals surface area (Å²) in [4.78, 5) is 85.8. The summed E-state index contributed by atoms with van der Waals surface area (Å²) in [6.45, 7) is 9.91. The Morgan fingerprint density at radius 1 is 0.871 bits per heavy atom. The molecule has 5 aliphatic heterocycles.